The molecule has 0 aliphatic carbocycles. The Morgan fingerprint density at radius 2 is 1.05 bits per heavy atom. The third kappa shape index (κ3) is 10.5. The summed E-state index contributed by atoms with van der Waals surface area (Å²) in [6.07, 6.45) is 0. The van der Waals surface area contributed by atoms with Crippen molar-refractivity contribution in [1.82, 2.24) is 0 Å². The predicted molar refractivity (Wildman–Crippen MR) is 101 cm³/mol. The predicted octanol–water partition coefficient (Wildman–Crippen LogP) is 6.19. The van der Waals surface area contributed by atoms with Crippen LogP contribution in [0.5, 0.6) is 0 Å². The molecule has 2 aromatic rings. The Morgan fingerprint density at radius 1 is 0.773 bits per heavy atom. The molecule has 0 N–H and O–H groups in total. The van der Waals surface area contributed by atoms with Crippen molar-refractivity contribution in [3.8, 4) is 0 Å². The van der Waals surface area contributed by atoms with Crippen LogP contribution in [-0.2, 0) is 26.2 Å². The van der Waals surface area contributed by atoms with Crippen LogP contribution in [0.4, 0.5) is 0 Å². The molecule has 0 saturated carbocycles. The molecule has 0 amide bonds. The van der Waals surface area contributed by atoms with E-state index >= 15 is 0 Å². The van der Waals surface area contributed by atoms with Crippen molar-refractivity contribution in [3.63, 3.8) is 0 Å². The molecule has 0 saturated heterocycles. The molecule has 22 heavy (non-hydrogen) atoms. The summed E-state index contributed by atoms with van der Waals surface area (Å²) in [5, 5.41) is 0. The largest absolute Gasteiger partial charge is 2.00 e. The van der Waals surface area contributed by atoms with Crippen LogP contribution < -0.4 is 0 Å². The van der Waals surface area contributed by atoms with Crippen molar-refractivity contribution in [2.45, 2.75) is 66.5 Å². The maximum atomic E-state index is 2.24. The van der Waals surface area contributed by atoms with E-state index in [0.717, 1.165) is 9.52 Å². The first-order valence-electron chi connectivity index (χ1n) is 8.02. The molecule has 0 unspecified atom stereocenters. The zero-order valence-corrected chi connectivity index (χ0v) is 19.3. The fraction of sp³-hybridized carbons (Fsp3) is 0.500. The summed E-state index contributed by atoms with van der Waals surface area (Å²) < 4.78 is 0. The van der Waals surface area contributed by atoms with Crippen LogP contribution in [0.1, 0.15) is 61.8 Å². The average Bonchev–Trinajstić information content (AvgIpc) is 3.00. The van der Waals surface area contributed by atoms with Gasteiger partial charge in [0, 0.05) is 9.52 Å². The summed E-state index contributed by atoms with van der Waals surface area (Å²) in [5.74, 6) is 1.36. The number of rotatable bonds is 2. The van der Waals surface area contributed by atoms with Gasteiger partial charge in [0.25, 0.3) is 0 Å². The van der Waals surface area contributed by atoms with E-state index in [1.165, 1.54) is 22.3 Å². The molecule has 0 atom stereocenters. The Bertz CT molecular complexity index is 433. The fourth-order valence-electron chi connectivity index (χ4n) is 1.89. The third-order valence-electron chi connectivity index (χ3n) is 3.20. The van der Waals surface area contributed by atoms with E-state index in [9.17, 15) is 0 Å². The second kappa shape index (κ2) is 13.3. The van der Waals surface area contributed by atoms with Crippen LogP contribution in [0.15, 0.2) is 36.4 Å². The average molecular weight is 393 g/mol. The van der Waals surface area contributed by atoms with Crippen LogP contribution >= 0.6 is 0 Å². The minimum atomic E-state index is 0. The van der Waals surface area contributed by atoms with Crippen LogP contribution in [0, 0.1) is 13.8 Å². The second-order valence-corrected chi connectivity index (χ2v) is 7.48. The van der Waals surface area contributed by atoms with Gasteiger partial charge < -0.3 is 0 Å². The minimum Gasteiger partial charge on any atom is -0.210 e. The van der Waals surface area contributed by atoms with Gasteiger partial charge in [0.1, 0.15) is 0 Å². The van der Waals surface area contributed by atoms with Gasteiger partial charge >= 0.3 is 26.2 Å². The van der Waals surface area contributed by atoms with E-state index in [2.05, 4.69) is 91.0 Å². The van der Waals surface area contributed by atoms with Crippen molar-refractivity contribution in [2.24, 2.45) is 0 Å². The standard InChI is InChI=1S/2C9H13.C2H7Si.Zr/c2*1-7(2)9-5-4-8(3)6-9;1-3-2;/h2*4-7H,1-3H3;3H,1-2H3;/q2*-1;;+2. The molecule has 121 valence electrons. The molecule has 0 spiro atoms. The first-order valence-corrected chi connectivity index (χ1v) is 10.3. The van der Waals surface area contributed by atoms with Gasteiger partial charge in [-0.2, -0.15) is 46.5 Å². The Morgan fingerprint density at radius 3 is 1.14 bits per heavy atom. The second-order valence-electron chi connectivity index (χ2n) is 6.33. The van der Waals surface area contributed by atoms with Crippen molar-refractivity contribution in [2.75, 3.05) is 0 Å². The monoisotopic (exact) mass is 391 g/mol. The van der Waals surface area contributed by atoms with E-state index in [1.54, 1.807) is 0 Å². The van der Waals surface area contributed by atoms with Crippen molar-refractivity contribution < 1.29 is 26.2 Å². The van der Waals surface area contributed by atoms with E-state index < -0.39 is 0 Å². The van der Waals surface area contributed by atoms with Crippen LogP contribution in [0.3, 0.4) is 0 Å². The molecule has 0 bridgehead atoms. The van der Waals surface area contributed by atoms with Gasteiger partial charge in [-0.3, -0.25) is 0 Å². The van der Waals surface area contributed by atoms with Gasteiger partial charge in [-0.05, 0) is 0 Å². The Hall–Kier alpha value is -0.200. The number of aryl methyl sites for hydroxylation is 2. The van der Waals surface area contributed by atoms with Crippen molar-refractivity contribution in [3.05, 3.63) is 58.7 Å². The molecule has 2 aromatic carbocycles. The summed E-state index contributed by atoms with van der Waals surface area (Å²) >= 11 is 0. The van der Waals surface area contributed by atoms with Gasteiger partial charge in [-0.15, -0.1) is 0 Å². The van der Waals surface area contributed by atoms with Crippen LogP contribution in [0.2, 0.25) is 13.1 Å². The number of hydrogen-bond donors (Lipinski definition) is 0. The maximum absolute atomic E-state index is 2.24. The smallest absolute Gasteiger partial charge is 0.210 e. The first kappa shape index (κ1) is 24.1. The quantitative estimate of drug-likeness (QED) is 0.422. The zero-order valence-electron chi connectivity index (χ0n) is 15.7. The molecular formula is C20H33SiZr. The SMILES string of the molecule is C[SiH]C.C[c-]1ccc(C(C)C)c1.C[c-]1ccc(C(C)C)c1.[Zr+2]. The van der Waals surface area contributed by atoms with E-state index in [0.29, 0.717) is 11.8 Å². The summed E-state index contributed by atoms with van der Waals surface area (Å²) in [6.45, 7) is 17.5. The third-order valence-corrected chi connectivity index (χ3v) is 3.20. The summed E-state index contributed by atoms with van der Waals surface area (Å²) in [6, 6.07) is 13.2. The Balaban J connectivity index is 0. The molecule has 2 rings (SSSR count). The van der Waals surface area contributed by atoms with Crippen molar-refractivity contribution in [1.29, 1.82) is 0 Å². The number of hydrogen-bond acceptors (Lipinski definition) is 0. The van der Waals surface area contributed by atoms with Crippen LogP contribution in [0.25, 0.3) is 0 Å². The van der Waals surface area contributed by atoms with E-state index in [-0.39, 0.29) is 26.2 Å². The van der Waals surface area contributed by atoms with Gasteiger partial charge in [-0.25, -0.2) is 12.1 Å². The Labute approximate surface area is 160 Å². The molecule has 0 aromatic heterocycles. The van der Waals surface area contributed by atoms with Gasteiger partial charge in [0.15, 0.2) is 0 Å². The summed E-state index contributed by atoms with van der Waals surface area (Å²) in [4.78, 5) is 0. The summed E-state index contributed by atoms with van der Waals surface area (Å²) in [5.41, 5.74) is 5.65. The fourth-order valence-corrected chi connectivity index (χ4v) is 1.89. The molecule has 0 aliphatic heterocycles. The molecule has 0 nitrogen and oxygen atoms in total. The normalized spacial score (nSPS) is 9.55. The van der Waals surface area contributed by atoms with Crippen molar-refractivity contribution >= 4 is 9.52 Å². The summed E-state index contributed by atoms with van der Waals surface area (Å²) in [7, 11) is 0.750. The van der Waals surface area contributed by atoms with Gasteiger partial charge in [0.2, 0.25) is 0 Å². The minimum absolute atomic E-state index is 0. The molecule has 0 fully saturated rings. The topological polar surface area (TPSA) is 0 Å². The van der Waals surface area contributed by atoms with Gasteiger partial charge in [0.05, 0.1) is 0 Å². The maximum Gasteiger partial charge on any atom is 2.00 e. The van der Waals surface area contributed by atoms with E-state index in [1.807, 2.05) is 0 Å². The Kier molecular flexibility index (Phi) is 14.5. The van der Waals surface area contributed by atoms with Crippen LogP contribution in [-0.4, -0.2) is 9.52 Å². The molecular weight excluding hydrogens is 360 g/mol. The van der Waals surface area contributed by atoms with E-state index in [4.69, 9.17) is 0 Å². The van der Waals surface area contributed by atoms with Gasteiger partial charge in [-0.1, -0.05) is 66.5 Å². The molecule has 0 heterocycles. The first-order chi connectivity index (χ1) is 9.81. The molecule has 1 radical (unpaired) electrons. The zero-order chi connectivity index (χ0) is 16.4. The molecule has 2 heteroatoms. The molecule has 0 aliphatic rings.